The number of ether oxygens (including phenoxy) is 1. The first kappa shape index (κ1) is 17.6. The molecule has 2 heterocycles. The second-order valence-corrected chi connectivity index (χ2v) is 5.80. The van der Waals surface area contributed by atoms with Gasteiger partial charge in [-0.25, -0.2) is 19.2 Å². The van der Waals surface area contributed by atoms with Gasteiger partial charge >= 0.3 is 5.97 Å². The second-order valence-electron chi connectivity index (χ2n) is 5.80. The first-order valence-corrected chi connectivity index (χ1v) is 8.08. The average Bonchev–Trinajstić information content (AvgIpc) is 3.05. The Balaban J connectivity index is 1.72. The van der Waals surface area contributed by atoms with Gasteiger partial charge in [-0.1, -0.05) is 6.07 Å². The largest absolute Gasteiger partial charge is 0.465 e. The monoisotopic (exact) mass is 354 g/mol. The minimum Gasteiger partial charge on any atom is -0.465 e. The fraction of sp³-hybridized carbons (Fsp3) is 0.211. The summed E-state index contributed by atoms with van der Waals surface area (Å²) in [6.07, 6.45) is 3.36. The molecule has 3 rings (SSSR count). The van der Waals surface area contributed by atoms with Crippen LogP contribution >= 0.6 is 0 Å². The lowest BCUT2D eigenvalue weighted by molar-refractivity contribution is 0.0599. The van der Waals surface area contributed by atoms with Gasteiger partial charge in [-0.05, 0) is 43.7 Å². The zero-order valence-electron chi connectivity index (χ0n) is 14.8. The van der Waals surface area contributed by atoms with Crippen LogP contribution in [0.4, 0.5) is 10.2 Å². The molecule has 0 aliphatic rings. The summed E-state index contributed by atoms with van der Waals surface area (Å²) in [4.78, 5) is 20.0. The Kier molecular flexibility index (Phi) is 4.97. The Morgan fingerprint density at radius 1 is 1.27 bits per heavy atom. The number of methoxy groups -OCH3 is 1. The zero-order chi connectivity index (χ0) is 18.7. The van der Waals surface area contributed by atoms with Crippen molar-refractivity contribution in [1.82, 2.24) is 14.5 Å². The minimum atomic E-state index is -0.422. The number of benzene rings is 1. The van der Waals surface area contributed by atoms with E-state index in [1.165, 1.54) is 13.2 Å². The molecule has 134 valence electrons. The van der Waals surface area contributed by atoms with E-state index in [2.05, 4.69) is 15.3 Å². The van der Waals surface area contributed by atoms with E-state index in [0.29, 0.717) is 29.3 Å². The highest BCUT2D eigenvalue weighted by atomic mass is 19.1. The maximum Gasteiger partial charge on any atom is 0.339 e. The Morgan fingerprint density at radius 3 is 2.69 bits per heavy atom. The van der Waals surface area contributed by atoms with Crippen molar-refractivity contribution in [3.05, 3.63) is 71.2 Å². The molecular formula is C19H19FN4O2. The number of esters is 1. The van der Waals surface area contributed by atoms with Crippen LogP contribution in [-0.2, 0) is 11.3 Å². The topological polar surface area (TPSA) is 69.0 Å². The molecule has 0 radical (unpaired) electrons. The number of carbonyl (C=O) groups is 1. The quantitative estimate of drug-likeness (QED) is 0.711. The van der Waals surface area contributed by atoms with Crippen molar-refractivity contribution in [3.63, 3.8) is 0 Å². The SMILES string of the molecule is COC(=O)c1ccc(NCc2ccc(-n3ccnc3C)c(F)c2)nc1C. The Labute approximate surface area is 150 Å². The number of rotatable bonds is 5. The molecule has 26 heavy (non-hydrogen) atoms. The molecule has 0 saturated carbocycles. The molecule has 0 unspecified atom stereocenters. The van der Waals surface area contributed by atoms with Crippen molar-refractivity contribution in [2.45, 2.75) is 20.4 Å². The van der Waals surface area contributed by atoms with Crippen molar-refractivity contribution in [3.8, 4) is 5.69 Å². The van der Waals surface area contributed by atoms with Crippen molar-refractivity contribution in [2.24, 2.45) is 0 Å². The van der Waals surface area contributed by atoms with Gasteiger partial charge in [0.2, 0.25) is 0 Å². The number of halogens is 1. The minimum absolute atomic E-state index is 0.324. The van der Waals surface area contributed by atoms with Crippen LogP contribution in [0, 0.1) is 19.7 Å². The Morgan fingerprint density at radius 2 is 2.08 bits per heavy atom. The molecule has 2 aromatic heterocycles. The molecule has 0 aliphatic heterocycles. The third kappa shape index (κ3) is 3.56. The smallest absolute Gasteiger partial charge is 0.339 e. The molecule has 6 nitrogen and oxygen atoms in total. The Hall–Kier alpha value is -3.22. The number of nitrogens with zero attached hydrogens (tertiary/aromatic N) is 3. The second kappa shape index (κ2) is 7.35. The van der Waals surface area contributed by atoms with Gasteiger partial charge in [0, 0.05) is 18.9 Å². The molecule has 0 atom stereocenters. The lowest BCUT2D eigenvalue weighted by atomic mass is 10.2. The summed E-state index contributed by atoms with van der Waals surface area (Å²) in [6, 6.07) is 8.40. The van der Waals surface area contributed by atoms with Gasteiger partial charge in [0.25, 0.3) is 0 Å². The highest BCUT2D eigenvalue weighted by molar-refractivity contribution is 5.90. The number of hydrogen-bond donors (Lipinski definition) is 1. The van der Waals surface area contributed by atoms with Gasteiger partial charge in [0.05, 0.1) is 24.1 Å². The van der Waals surface area contributed by atoms with E-state index in [-0.39, 0.29) is 5.82 Å². The van der Waals surface area contributed by atoms with Crippen LogP contribution in [0.2, 0.25) is 0 Å². The van der Waals surface area contributed by atoms with E-state index in [9.17, 15) is 9.18 Å². The predicted molar refractivity (Wildman–Crippen MR) is 95.9 cm³/mol. The van der Waals surface area contributed by atoms with Crippen LogP contribution in [0.25, 0.3) is 5.69 Å². The summed E-state index contributed by atoms with van der Waals surface area (Å²) in [6.45, 7) is 3.96. The molecule has 7 heteroatoms. The summed E-state index contributed by atoms with van der Waals surface area (Å²) in [5, 5.41) is 3.13. The molecule has 0 bridgehead atoms. The first-order valence-electron chi connectivity index (χ1n) is 8.08. The molecule has 0 fully saturated rings. The van der Waals surface area contributed by atoms with E-state index >= 15 is 0 Å². The van der Waals surface area contributed by atoms with Crippen LogP contribution in [0.5, 0.6) is 0 Å². The number of anilines is 1. The number of pyridine rings is 1. The molecule has 0 amide bonds. The lowest BCUT2D eigenvalue weighted by Gasteiger charge is -2.11. The van der Waals surface area contributed by atoms with E-state index in [4.69, 9.17) is 4.74 Å². The van der Waals surface area contributed by atoms with Crippen molar-refractivity contribution in [1.29, 1.82) is 0 Å². The molecular weight excluding hydrogens is 335 g/mol. The highest BCUT2D eigenvalue weighted by Crippen LogP contribution is 2.18. The van der Waals surface area contributed by atoms with Gasteiger partial charge < -0.3 is 14.6 Å². The number of hydrogen-bond acceptors (Lipinski definition) is 5. The van der Waals surface area contributed by atoms with Crippen LogP contribution in [0.1, 0.15) is 27.4 Å². The molecule has 3 aromatic rings. The third-order valence-corrected chi connectivity index (χ3v) is 4.06. The summed E-state index contributed by atoms with van der Waals surface area (Å²) in [5.74, 6) is 0.579. The number of imidazole rings is 1. The molecule has 1 aromatic carbocycles. The van der Waals surface area contributed by atoms with Crippen molar-refractivity contribution in [2.75, 3.05) is 12.4 Å². The number of nitrogens with one attached hydrogen (secondary N) is 1. The van der Waals surface area contributed by atoms with E-state index < -0.39 is 5.97 Å². The van der Waals surface area contributed by atoms with Crippen LogP contribution in [0.3, 0.4) is 0 Å². The number of carbonyl (C=O) groups excluding carboxylic acids is 1. The summed E-state index contributed by atoms with van der Waals surface area (Å²) in [7, 11) is 1.33. The number of aromatic nitrogens is 3. The Bertz CT molecular complexity index is 952. The highest BCUT2D eigenvalue weighted by Gasteiger charge is 2.11. The van der Waals surface area contributed by atoms with Gasteiger partial charge in [-0.15, -0.1) is 0 Å². The molecule has 1 N–H and O–H groups in total. The van der Waals surface area contributed by atoms with Crippen LogP contribution in [-0.4, -0.2) is 27.6 Å². The molecule has 0 saturated heterocycles. The lowest BCUT2D eigenvalue weighted by Crippen LogP contribution is -2.08. The van der Waals surface area contributed by atoms with E-state index in [1.807, 2.05) is 13.0 Å². The fourth-order valence-electron chi connectivity index (χ4n) is 2.67. The van der Waals surface area contributed by atoms with Crippen molar-refractivity contribution < 1.29 is 13.9 Å². The van der Waals surface area contributed by atoms with Crippen molar-refractivity contribution >= 4 is 11.8 Å². The number of aryl methyl sites for hydroxylation is 2. The molecule has 0 spiro atoms. The fourth-order valence-corrected chi connectivity index (χ4v) is 2.67. The standard InChI is InChI=1S/C19H19FN4O2/c1-12-15(19(25)26-3)5-7-18(23-12)22-11-14-4-6-17(16(20)10-14)24-9-8-21-13(24)2/h4-10H,11H2,1-3H3,(H,22,23). The maximum atomic E-state index is 14.4. The summed E-state index contributed by atoms with van der Waals surface area (Å²) in [5.41, 5.74) is 2.23. The summed E-state index contributed by atoms with van der Waals surface area (Å²) < 4.78 is 20.8. The summed E-state index contributed by atoms with van der Waals surface area (Å²) >= 11 is 0. The third-order valence-electron chi connectivity index (χ3n) is 4.06. The van der Waals surface area contributed by atoms with E-state index in [0.717, 1.165) is 11.4 Å². The van der Waals surface area contributed by atoms with E-state index in [1.54, 1.807) is 42.1 Å². The van der Waals surface area contributed by atoms with Gasteiger partial charge in [-0.3, -0.25) is 0 Å². The van der Waals surface area contributed by atoms with Crippen LogP contribution < -0.4 is 5.32 Å². The van der Waals surface area contributed by atoms with Gasteiger partial charge in [0.1, 0.15) is 17.5 Å². The predicted octanol–water partition coefficient (Wildman–Crippen LogP) is 3.42. The van der Waals surface area contributed by atoms with Gasteiger partial charge in [-0.2, -0.15) is 0 Å². The van der Waals surface area contributed by atoms with Gasteiger partial charge in [0.15, 0.2) is 0 Å². The zero-order valence-corrected chi connectivity index (χ0v) is 14.8. The average molecular weight is 354 g/mol. The molecule has 0 aliphatic carbocycles. The van der Waals surface area contributed by atoms with Crippen LogP contribution in [0.15, 0.2) is 42.7 Å². The maximum absolute atomic E-state index is 14.4. The normalized spacial score (nSPS) is 10.6. The first-order chi connectivity index (χ1) is 12.5.